The summed E-state index contributed by atoms with van der Waals surface area (Å²) < 4.78 is 5.28. The third-order valence-electron chi connectivity index (χ3n) is 2.13. The van der Waals surface area contributed by atoms with Crippen LogP contribution in [0.3, 0.4) is 0 Å². The second-order valence-electron chi connectivity index (χ2n) is 3.21. The Morgan fingerprint density at radius 3 is 2.69 bits per heavy atom. The molecule has 0 aromatic carbocycles. The Morgan fingerprint density at radius 2 is 2.00 bits per heavy atom. The van der Waals surface area contributed by atoms with E-state index in [2.05, 4.69) is 4.90 Å². The zero-order valence-corrected chi connectivity index (χ0v) is 9.02. The third kappa shape index (κ3) is 5.52. The Labute approximate surface area is 85.0 Å². The number of hydrogen-bond donors (Lipinski definition) is 1. The molecule has 1 aliphatic heterocycles. The van der Waals surface area contributed by atoms with Gasteiger partial charge in [0.15, 0.2) is 0 Å². The second kappa shape index (κ2) is 7.62. The van der Waals surface area contributed by atoms with Crippen molar-refractivity contribution in [1.82, 2.24) is 4.90 Å². The molecule has 1 aliphatic rings. The van der Waals surface area contributed by atoms with Gasteiger partial charge in [-0.05, 0) is 18.7 Å². The molecule has 0 aromatic rings. The molecule has 2 N–H and O–H groups in total. The summed E-state index contributed by atoms with van der Waals surface area (Å²) in [6.45, 7) is 6.08. The van der Waals surface area contributed by atoms with Crippen LogP contribution in [-0.2, 0) is 4.74 Å². The summed E-state index contributed by atoms with van der Waals surface area (Å²) in [5.74, 6) is 2.34. The van der Waals surface area contributed by atoms with Gasteiger partial charge in [0.05, 0.1) is 13.2 Å². The maximum atomic E-state index is 5.41. The normalized spacial score (nSPS) is 19.2. The molecule has 0 aromatic heterocycles. The molecule has 1 rings (SSSR count). The largest absolute Gasteiger partial charge is 0.379 e. The summed E-state index contributed by atoms with van der Waals surface area (Å²) in [7, 11) is 0. The SMILES string of the molecule is NCCSCCCN1CCOCC1. The van der Waals surface area contributed by atoms with Crippen molar-refractivity contribution < 1.29 is 4.74 Å². The van der Waals surface area contributed by atoms with Crippen LogP contribution in [0.15, 0.2) is 0 Å². The predicted octanol–water partition coefficient (Wildman–Crippen LogP) is 0.401. The molecule has 0 atom stereocenters. The van der Waals surface area contributed by atoms with Gasteiger partial charge in [0.25, 0.3) is 0 Å². The van der Waals surface area contributed by atoms with Crippen LogP contribution in [0.25, 0.3) is 0 Å². The van der Waals surface area contributed by atoms with Gasteiger partial charge in [-0.2, -0.15) is 11.8 Å². The van der Waals surface area contributed by atoms with Gasteiger partial charge in [-0.15, -0.1) is 0 Å². The van der Waals surface area contributed by atoms with Crippen LogP contribution in [0.2, 0.25) is 0 Å². The van der Waals surface area contributed by atoms with Crippen molar-refractivity contribution >= 4 is 11.8 Å². The van der Waals surface area contributed by atoms with E-state index in [1.165, 1.54) is 18.7 Å². The lowest BCUT2D eigenvalue weighted by atomic mass is 10.4. The van der Waals surface area contributed by atoms with Crippen molar-refractivity contribution in [2.75, 3.05) is 50.9 Å². The zero-order valence-electron chi connectivity index (χ0n) is 8.21. The van der Waals surface area contributed by atoms with Crippen LogP contribution in [0.1, 0.15) is 6.42 Å². The highest BCUT2D eigenvalue weighted by molar-refractivity contribution is 7.99. The van der Waals surface area contributed by atoms with E-state index in [0.717, 1.165) is 38.6 Å². The van der Waals surface area contributed by atoms with Crippen LogP contribution in [0.5, 0.6) is 0 Å². The summed E-state index contributed by atoms with van der Waals surface area (Å²) in [5, 5.41) is 0. The van der Waals surface area contributed by atoms with E-state index < -0.39 is 0 Å². The highest BCUT2D eigenvalue weighted by atomic mass is 32.2. The smallest absolute Gasteiger partial charge is 0.0594 e. The molecule has 78 valence electrons. The molecule has 0 unspecified atom stereocenters. The Bertz CT molecular complexity index is 118. The average molecular weight is 204 g/mol. The van der Waals surface area contributed by atoms with Crippen LogP contribution in [0, 0.1) is 0 Å². The lowest BCUT2D eigenvalue weighted by molar-refractivity contribution is 0.0381. The van der Waals surface area contributed by atoms with Gasteiger partial charge in [0.2, 0.25) is 0 Å². The lowest BCUT2D eigenvalue weighted by Gasteiger charge is -2.26. The minimum absolute atomic E-state index is 0.808. The van der Waals surface area contributed by atoms with Crippen LogP contribution < -0.4 is 5.73 Å². The molecule has 0 amide bonds. The van der Waals surface area contributed by atoms with Crippen molar-refractivity contribution in [3.05, 3.63) is 0 Å². The van der Waals surface area contributed by atoms with E-state index in [0.29, 0.717) is 0 Å². The fourth-order valence-corrected chi connectivity index (χ4v) is 2.10. The molecule has 1 heterocycles. The van der Waals surface area contributed by atoms with Gasteiger partial charge in [-0.25, -0.2) is 0 Å². The van der Waals surface area contributed by atoms with Gasteiger partial charge < -0.3 is 10.5 Å². The molecule has 0 bridgehead atoms. The maximum Gasteiger partial charge on any atom is 0.0594 e. The minimum Gasteiger partial charge on any atom is -0.379 e. The standard InChI is InChI=1S/C9H20N2OS/c10-2-9-13-8-1-3-11-4-6-12-7-5-11/h1-10H2. The Morgan fingerprint density at radius 1 is 1.23 bits per heavy atom. The molecule has 0 saturated carbocycles. The number of nitrogens with zero attached hydrogens (tertiary/aromatic N) is 1. The fraction of sp³-hybridized carbons (Fsp3) is 1.00. The predicted molar refractivity (Wildman–Crippen MR) is 58.3 cm³/mol. The van der Waals surface area contributed by atoms with Gasteiger partial charge in [0.1, 0.15) is 0 Å². The lowest BCUT2D eigenvalue weighted by Crippen LogP contribution is -2.37. The van der Waals surface area contributed by atoms with Crippen molar-refractivity contribution in [3.8, 4) is 0 Å². The Balaban J connectivity index is 1.86. The van der Waals surface area contributed by atoms with Crippen molar-refractivity contribution in [2.45, 2.75) is 6.42 Å². The van der Waals surface area contributed by atoms with Gasteiger partial charge >= 0.3 is 0 Å². The van der Waals surface area contributed by atoms with Crippen LogP contribution in [-0.4, -0.2) is 55.8 Å². The minimum atomic E-state index is 0.808. The quantitative estimate of drug-likeness (QED) is 0.636. The van der Waals surface area contributed by atoms with E-state index in [9.17, 15) is 0 Å². The summed E-state index contributed by atoms with van der Waals surface area (Å²) >= 11 is 1.96. The van der Waals surface area contributed by atoms with Gasteiger partial charge in [-0.3, -0.25) is 4.90 Å². The molecule has 1 saturated heterocycles. The topological polar surface area (TPSA) is 38.5 Å². The van der Waals surface area contributed by atoms with Crippen molar-refractivity contribution in [2.24, 2.45) is 5.73 Å². The first-order chi connectivity index (χ1) is 6.43. The number of ether oxygens (including phenoxy) is 1. The molecule has 13 heavy (non-hydrogen) atoms. The molecular weight excluding hydrogens is 184 g/mol. The van der Waals surface area contributed by atoms with Crippen LogP contribution in [0.4, 0.5) is 0 Å². The highest BCUT2D eigenvalue weighted by Gasteiger charge is 2.08. The summed E-state index contributed by atoms with van der Waals surface area (Å²) in [6, 6.07) is 0. The summed E-state index contributed by atoms with van der Waals surface area (Å²) in [4.78, 5) is 2.48. The maximum absolute atomic E-state index is 5.41. The number of hydrogen-bond acceptors (Lipinski definition) is 4. The zero-order chi connectivity index (χ0) is 9.36. The first-order valence-corrected chi connectivity index (χ1v) is 6.17. The van der Waals surface area contributed by atoms with Gasteiger partial charge in [0, 0.05) is 25.4 Å². The molecule has 3 nitrogen and oxygen atoms in total. The molecule has 0 spiro atoms. The summed E-state index contributed by atoms with van der Waals surface area (Å²) in [6.07, 6.45) is 1.28. The van der Waals surface area contributed by atoms with Gasteiger partial charge in [-0.1, -0.05) is 0 Å². The van der Waals surface area contributed by atoms with Crippen molar-refractivity contribution in [1.29, 1.82) is 0 Å². The molecule has 0 radical (unpaired) electrons. The monoisotopic (exact) mass is 204 g/mol. The Kier molecular flexibility index (Phi) is 6.62. The third-order valence-corrected chi connectivity index (χ3v) is 3.23. The number of rotatable bonds is 6. The highest BCUT2D eigenvalue weighted by Crippen LogP contribution is 2.03. The Hall–Kier alpha value is 0.230. The number of nitrogens with two attached hydrogens (primary N) is 1. The molecule has 4 heteroatoms. The van der Waals surface area contributed by atoms with Crippen LogP contribution >= 0.6 is 11.8 Å². The fourth-order valence-electron chi connectivity index (χ4n) is 1.40. The van der Waals surface area contributed by atoms with E-state index in [4.69, 9.17) is 10.5 Å². The van der Waals surface area contributed by atoms with E-state index in [-0.39, 0.29) is 0 Å². The molecule has 1 fully saturated rings. The van der Waals surface area contributed by atoms with E-state index in [1.54, 1.807) is 0 Å². The number of thioether (sulfide) groups is 1. The van der Waals surface area contributed by atoms with Crippen molar-refractivity contribution in [3.63, 3.8) is 0 Å². The first kappa shape index (κ1) is 11.3. The summed E-state index contributed by atoms with van der Waals surface area (Å²) in [5.41, 5.74) is 5.41. The number of morpholine rings is 1. The molecule has 0 aliphatic carbocycles. The average Bonchev–Trinajstić information content (AvgIpc) is 2.19. The van der Waals surface area contributed by atoms with E-state index in [1.807, 2.05) is 11.8 Å². The second-order valence-corrected chi connectivity index (χ2v) is 4.43. The molecular formula is C9H20N2OS. The van der Waals surface area contributed by atoms with E-state index >= 15 is 0 Å². The first-order valence-electron chi connectivity index (χ1n) is 5.01.